The molecule has 0 aliphatic heterocycles. The van der Waals surface area contributed by atoms with Gasteiger partial charge in [-0.3, -0.25) is 0 Å². The van der Waals surface area contributed by atoms with Gasteiger partial charge in [-0.1, -0.05) is 17.7 Å². The standard InChI is InChI=1S/C18H13ClFN3/c1-10-6-16-17(7-11(10)2)23-18(22-16)12(9-21)8-13-14(19)4-3-5-15(13)20/h3-8H,1-2H3,(H,22,23)/b12-8-. The first-order chi connectivity index (χ1) is 11.0. The lowest BCUT2D eigenvalue weighted by atomic mass is 10.1. The number of allylic oxidation sites excluding steroid dienone is 1. The van der Waals surface area contributed by atoms with E-state index in [1.165, 1.54) is 18.2 Å². The average Bonchev–Trinajstić information content (AvgIpc) is 2.90. The van der Waals surface area contributed by atoms with Crippen molar-refractivity contribution in [1.29, 1.82) is 5.26 Å². The summed E-state index contributed by atoms with van der Waals surface area (Å²) in [5.41, 5.74) is 4.26. The molecule has 0 fully saturated rings. The highest BCUT2D eigenvalue weighted by molar-refractivity contribution is 6.32. The Morgan fingerprint density at radius 2 is 2.04 bits per heavy atom. The largest absolute Gasteiger partial charge is 0.337 e. The topological polar surface area (TPSA) is 52.5 Å². The zero-order chi connectivity index (χ0) is 16.6. The lowest BCUT2D eigenvalue weighted by Crippen LogP contribution is -1.88. The number of nitriles is 1. The fourth-order valence-corrected chi connectivity index (χ4v) is 2.56. The van der Waals surface area contributed by atoms with Crippen LogP contribution in [0, 0.1) is 31.0 Å². The highest BCUT2D eigenvalue weighted by Gasteiger charge is 2.12. The average molecular weight is 326 g/mol. The van der Waals surface area contributed by atoms with Crippen molar-refractivity contribution in [3.63, 3.8) is 0 Å². The Morgan fingerprint density at radius 1 is 1.30 bits per heavy atom. The van der Waals surface area contributed by atoms with E-state index >= 15 is 0 Å². The highest BCUT2D eigenvalue weighted by atomic mass is 35.5. The van der Waals surface area contributed by atoms with E-state index in [4.69, 9.17) is 11.6 Å². The minimum absolute atomic E-state index is 0.179. The van der Waals surface area contributed by atoms with Crippen LogP contribution in [0.2, 0.25) is 5.02 Å². The van der Waals surface area contributed by atoms with Crippen LogP contribution in [-0.2, 0) is 0 Å². The zero-order valence-corrected chi connectivity index (χ0v) is 13.4. The molecule has 0 saturated carbocycles. The van der Waals surface area contributed by atoms with Gasteiger partial charge in [0.25, 0.3) is 0 Å². The van der Waals surface area contributed by atoms with Crippen LogP contribution >= 0.6 is 11.6 Å². The number of nitrogens with zero attached hydrogens (tertiary/aromatic N) is 2. The summed E-state index contributed by atoms with van der Waals surface area (Å²) in [7, 11) is 0. The van der Waals surface area contributed by atoms with Crippen molar-refractivity contribution in [2.24, 2.45) is 0 Å². The van der Waals surface area contributed by atoms with Crippen LogP contribution in [0.15, 0.2) is 30.3 Å². The molecule has 0 aliphatic rings. The van der Waals surface area contributed by atoms with E-state index < -0.39 is 5.82 Å². The molecule has 0 unspecified atom stereocenters. The lowest BCUT2D eigenvalue weighted by Gasteiger charge is -2.00. The number of aromatic amines is 1. The number of hydrogen-bond donors (Lipinski definition) is 1. The van der Waals surface area contributed by atoms with Crippen LogP contribution in [0.3, 0.4) is 0 Å². The van der Waals surface area contributed by atoms with Gasteiger partial charge < -0.3 is 4.98 Å². The summed E-state index contributed by atoms with van der Waals surface area (Å²) in [5.74, 6) is -0.0835. The van der Waals surface area contributed by atoms with Gasteiger partial charge in [-0.15, -0.1) is 0 Å². The Morgan fingerprint density at radius 3 is 2.74 bits per heavy atom. The number of benzene rings is 2. The molecule has 114 valence electrons. The van der Waals surface area contributed by atoms with E-state index in [0.717, 1.165) is 22.2 Å². The molecule has 0 spiro atoms. The minimum Gasteiger partial charge on any atom is -0.337 e. The molecule has 0 bridgehead atoms. The Hall–Kier alpha value is -2.64. The van der Waals surface area contributed by atoms with Crippen LogP contribution in [0.4, 0.5) is 4.39 Å². The molecule has 3 aromatic rings. The van der Waals surface area contributed by atoms with Gasteiger partial charge in [0.05, 0.1) is 21.6 Å². The number of fused-ring (bicyclic) bond motifs is 1. The second-order valence-electron chi connectivity index (χ2n) is 5.34. The minimum atomic E-state index is -0.479. The molecule has 23 heavy (non-hydrogen) atoms. The Kier molecular flexibility index (Phi) is 3.89. The van der Waals surface area contributed by atoms with Crippen molar-refractivity contribution < 1.29 is 4.39 Å². The van der Waals surface area contributed by atoms with E-state index in [0.29, 0.717) is 5.82 Å². The molecular weight excluding hydrogens is 313 g/mol. The highest BCUT2D eigenvalue weighted by Crippen LogP contribution is 2.26. The Bertz CT molecular complexity index is 921. The van der Waals surface area contributed by atoms with Crippen molar-refractivity contribution >= 4 is 34.3 Å². The molecule has 2 aromatic carbocycles. The summed E-state index contributed by atoms with van der Waals surface area (Å²) >= 11 is 6.01. The molecular formula is C18H13ClFN3. The number of imidazole rings is 1. The van der Waals surface area contributed by atoms with Crippen LogP contribution in [-0.4, -0.2) is 9.97 Å². The first kappa shape index (κ1) is 15.3. The predicted octanol–water partition coefficient (Wildman–Crippen LogP) is 5.04. The van der Waals surface area contributed by atoms with Crippen molar-refractivity contribution in [3.8, 4) is 6.07 Å². The molecule has 0 saturated heterocycles. The fourth-order valence-electron chi connectivity index (χ4n) is 2.34. The van der Waals surface area contributed by atoms with Gasteiger partial charge in [-0.2, -0.15) is 5.26 Å². The number of aryl methyl sites for hydroxylation is 2. The molecule has 0 aliphatic carbocycles. The van der Waals surface area contributed by atoms with Crippen molar-refractivity contribution in [2.45, 2.75) is 13.8 Å². The quantitative estimate of drug-likeness (QED) is 0.671. The van der Waals surface area contributed by atoms with E-state index in [9.17, 15) is 9.65 Å². The lowest BCUT2D eigenvalue weighted by molar-refractivity contribution is 0.625. The van der Waals surface area contributed by atoms with Crippen LogP contribution < -0.4 is 0 Å². The van der Waals surface area contributed by atoms with Crippen LogP contribution in [0.1, 0.15) is 22.5 Å². The number of rotatable bonds is 2. The molecule has 0 radical (unpaired) electrons. The molecule has 0 atom stereocenters. The van der Waals surface area contributed by atoms with Gasteiger partial charge in [0, 0.05) is 5.56 Å². The Labute approximate surface area is 138 Å². The number of aromatic nitrogens is 2. The fraction of sp³-hybridized carbons (Fsp3) is 0.111. The molecule has 1 aromatic heterocycles. The molecule has 1 N–H and O–H groups in total. The van der Waals surface area contributed by atoms with Crippen molar-refractivity contribution in [3.05, 3.63) is 63.7 Å². The van der Waals surface area contributed by atoms with Gasteiger partial charge in [0.15, 0.2) is 0 Å². The normalized spacial score (nSPS) is 11.7. The van der Waals surface area contributed by atoms with Gasteiger partial charge in [-0.05, 0) is 55.3 Å². The number of hydrogen-bond acceptors (Lipinski definition) is 2. The SMILES string of the molecule is Cc1cc2nc(/C(C#N)=C\c3c(F)cccc3Cl)[nH]c2cc1C. The maximum atomic E-state index is 13.9. The molecule has 1 heterocycles. The third-order valence-electron chi connectivity index (χ3n) is 3.76. The third-order valence-corrected chi connectivity index (χ3v) is 4.09. The summed E-state index contributed by atoms with van der Waals surface area (Å²) in [4.78, 5) is 7.54. The van der Waals surface area contributed by atoms with Gasteiger partial charge in [0.1, 0.15) is 17.7 Å². The summed E-state index contributed by atoms with van der Waals surface area (Å²) in [6.07, 6.45) is 1.41. The second kappa shape index (κ2) is 5.86. The van der Waals surface area contributed by atoms with Crippen LogP contribution in [0.5, 0.6) is 0 Å². The van der Waals surface area contributed by atoms with Gasteiger partial charge in [-0.25, -0.2) is 9.37 Å². The monoisotopic (exact) mass is 325 g/mol. The molecule has 3 nitrogen and oxygen atoms in total. The van der Waals surface area contributed by atoms with Crippen molar-refractivity contribution in [2.75, 3.05) is 0 Å². The summed E-state index contributed by atoms with van der Waals surface area (Å²) in [6, 6.07) is 10.4. The molecule has 5 heteroatoms. The summed E-state index contributed by atoms with van der Waals surface area (Å²) in [6.45, 7) is 4.01. The maximum Gasteiger partial charge on any atom is 0.149 e. The number of halogens is 2. The zero-order valence-electron chi connectivity index (χ0n) is 12.6. The van der Waals surface area contributed by atoms with E-state index in [-0.39, 0.29) is 16.2 Å². The second-order valence-corrected chi connectivity index (χ2v) is 5.75. The first-order valence-corrected chi connectivity index (χ1v) is 7.40. The van der Waals surface area contributed by atoms with Crippen LogP contribution in [0.25, 0.3) is 22.7 Å². The third kappa shape index (κ3) is 2.84. The van der Waals surface area contributed by atoms with E-state index in [1.807, 2.05) is 26.0 Å². The molecule has 0 amide bonds. The Balaban J connectivity index is 2.15. The molecule has 3 rings (SSSR count). The predicted molar refractivity (Wildman–Crippen MR) is 90.5 cm³/mol. The van der Waals surface area contributed by atoms with E-state index in [2.05, 4.69) is 16.0 Å². The summed E-state index contributed by atoms with van der Waals surface area (Å²) in [5, 5.41) is 9.66. The smallest absolute Gasteiger partial charge is 0.149 e. The van der Waals surface area contributed by atoms with Gasteiger partial charge in [0.2, 0.25) is 0 Å². The maximum absolute atomic E-state index is 13.9. The number of nitrogens with one attached hydrogen (secondary N) is 1. The first-order valence-electron chi connectivity index (χ1n) is 7.02. The van der Waals surface area contributed by atoms with Gasteiger partial charge >= 0.3 is 0 Å². The summed E-state index contributed by atoms with van der Waals surface area (Å²) < 4.78 is 13.9. The number of H-pyrrole nitrogens is 1. The van der Waals surface area contributed by atoms with E-state index in [1.54, 1.807) is 6.07 Å². The van der Waals surface area contributed by atoms with Crippen molar-refractivity contribution in [1.82, 2.24) is 9.97 Å².